The van der Waals surface area contributed by atoms with E-state index in [-0.39, 0.29) is 11.5 Å². The number of hydrogen-bond donors (Lipinski definition) is 1. The molecule has 5 heteroatoms. The molecule has 18 heavy (non-hydrogen) atoms. The fourth-order valence-electron chi connectivity index (χ4n) is 2.82. The molecule has 2 rings (SSSR count). The number of nitrogens with zero attached hydrogens (tertiary/aromatic N) is 1. The first-order valence-electron chi connectivity index (χ1n) is 6.10. The van der Waals surface area contributed by atoms with Gasteiger partial charge in [0.2, 0.25) is 0 Å². The van der Waals surface area contributed by atoms with Crippen molar-refractivity contribution >= 4 is 33.2 Å². The summed E-state index contributed by atoms with van der Waals surface area (Å²) in [5.41, 5.74) is 1.04. The maximum absolute atomic E-state index is 11.5. The van der Waals surface area contributed by atoms with Crippen LogP contribution in [0.5, 0.6) is 0 Å². The van der Waals surface area contributed by atoms with Crippen LogP contribution in [0.1, 0.15) is 32.3 Å². The van der Waals surface area contributed by atoms with Gasteiger partial charge in [0.05, 0.1) is 3.79 Å². The number of rotatable bonds is 3. The number of carboxylic acid groups (broad SMARTS) is 1. The van der Waals surface area contributed by atoms with Gasteiger partial charge in [-0.15, -0.1) is 11.3 Å². The Morgan fingerprint density at radius 2 is 2.39 bits per heavy atom. The predicted octanol–water partition coefficient (Wildman–Crippen LogP) is 3.59. The molecule has 0 bridgehead atoms. The summed E-state index contributed by atoms with van der Waals surface area (Å²) in [6, 6.07) is 1.69. The van der Waals surface area contributed by atoms with Crippen molar-refractivity contribution in [1.29, 1.82) is 0 Å². The minimum absolute atomic E-state index is 0.155. The first-order valence-corrected chi connectivity index (χ1v) is 7.77. The molecule has 1 aliphatic rings. The lowest BCUT2D eigenvalue weighted by Gasteiger charge is -2.44. The number of likely N-dealkylation sites (tertiary alicyclic amines) is 1. The van der Waals surface area contributed by atoms with Crippen LogP contribution in [0.4, 0.5) is 0 Å². The number of carbonyl (C=O) groups is 1. The van der Waals surface area contributed by atoms with Gasteiger partial charge in [0.15, 0.2) is 0 Å². The molecule has 1 aromatic heterocycles. The summed E-state index contributed by atoms with van der Waals surface area (Å²) < 4.78 is 1.10. The van der Waals surface area contributed by atoms with Crippen LogP contribution < -0.4 is 0 Å². The topological polar surface area (TPSA) is 40.5 Å². The third-order valence-electron chi connectivity index (χ3n) is 3.61. The van der Waals surface area contributed by atoms with Gasteiger partial charge in [0, 0.05) is 6.54 Å². The molecule has 1 saturated heterocycles. The zero-order chi connectivity index (χ0) is 13.3. The van der Waals surface area contributed by atoms with Gasteiger partial charge < -0.3 is 5.11 Å². The Morgan fingerprint density at radius 3 is 2.94 bits per heavy atom. The summed E-state index contributed by atoms with van der Waals surface area (Å²) >= 11 is 5.09. The van der Waals surface area contributed by atoms with Crippen LogP contribution in [0.3, 0.4) is 0 Å². The quantitative estimate of drug-likeness (QED) is 0.920. The van der Waals surface area contributed by atoms with Crippen molar-refractivity contribution < 1.29 is 9.90 Å². The molecular formula is C13H18BrNO2S. The fourth-order valence-corrected chi connectivity index (χ4v) is 4.02. The average molecular weight is 332 g/mol. The van der Waals surface area contributed by atoms with Gasteiger partial charge in [-0.2, -0.15) is 0 Å². The number of carboxylic acids is 1. The molecule has 0 amide bonds. The first kappa shape index (κ1) is 14.0. The second-order valence-corrected chi connectivity index (χ2v) is 7.85. The third kappa shape index (κ3) is 2.95. The largest absolute Gasteiger partial charge is 0.480 e. The maximum atomic E-state index is 11.5. The van der Waals surface area contributed by atoms with Gasteiger partial charge in [0.25, 0.3) is 0 Å². The molecular weight excluding hydrogens is 314 g/mol. The standard InChI is InChI=1S/C13H18BrNO2S/c1-13(2)4-3-5-15(11(13)12(16)17)7-9-6-10(14)18-8-9/h6,8,11H,3-5,7H2,1-2H3,(H,16,17). The van der Waals surface area contributed by atoms with E-state index in [0.717, 1.165) is 29.7 Å². The van der Waals surface area contributed by atoms with Gasteiger partial charge in [-0.1, -0.05) is 13.8 Å². The van der Waals surface area contributed by atoms with E-state index in [2.05, 4.69) is 46.1 Å². The molecule has 0 aliphatic carbocycles. The van der Waals surface area contributed by atoms with Crippen LogP contribution in [0, 0.1) is 5.41 Å². The minimum atomic E-state index is -0.700. The van der Waals surface area contributed by atoms with E-state index in [1.165, 1.54) is 5.56 Å². The molecule has 1 N–H and O–H groups in total. The molecule has 1 aliphatic heterocycles. The molecule has 0 radical (unpaired) electrons. The SMILES string of the molecule is CC1(C)CCCN(Cc2csc(Br)c2)C1C(=O)O. The zero-order valence-electron chi connectivity index (χ0n) is 10.6. The Hall–Kier alpha value is -0.390. The smallest absolute Gasteiger partial charge is 0.321 e. The molecule has 100 valence electrons. The highest BCUT2D eigenvalue weighted by molar-refractivity contribution is 9.11. The van der Waals surface area contributed by atoms with Crippen LogP contribution in [-0.4, -0.2) is 28.6 Å². The highest BCUT2D eigenvalue weighted by atomic mass is 79.9. The molecule has 1 aromatic rings. The summed E-state index contributed by atoms with van der Waals surface area (Å²) in [5, 5.41) is 11.6. The normalized spacial score (nSPS) is 24.1. The van der Waals surface area contributed by atoms with E-state index in [9.17, 15) is 9.90 Å². The monoisotopic (exact) mass is 331 g/mol. The molecule has 0 spiro atoms. The molecule has 3 nitrogen and oxygen atoms in total. The molecule has 1 atom stereocenters. The average Bonchev–Trinajstić information content (AvgIpc) is 2.61. The molecule has 1 fully saturated rings. The van der Waals surface area contributed by atoms with Crippen molar-refractivity contribution in [2.45, 2.75) is 39.3 Å². The molecule has 0 aromatic carbocycles. The number of piperidine rings is 1. The number of thiophene rings is 1. The van der Waals surface area contributed by atoms with E-state index >= 15 is 0 Å². The minimum Gasteiger partial charge on any atom is -0.480 e. The van der Waals surface area contributed by atoms with Crippen molar-refractivity contribution in [3.63, 3.8) is 0 Å². The highest BCUT2D eigenvalue weighted by Gasteiger charge is 2.42. The molecule has 2 heterocycles. The van der Waals surface area contributed by atoms with Gasteiger partial charge in [0.1, 0.15) is 6.04 Å². The lowest BCUT2D eigenvalue weighted by molar-refractivity contribution is -0.151. The predicted molar refractivity (Wildman–Crippen MR) is 76.9 cm³/mol. The Balaban J connectivity index is 2.17. The van der Waals surface area contributed by atoms with Crippen molar-refractivity contribution in [1.82, 2.24) is 4.90 Å². The Kier molecular flexibility index (Phi) is 4.14. The van der Waals surface area contributed by atoms with Crippen LogP contribution in [0.15, 0.2) is 15.2 Å². The summed E-state index contributed by atoms with van der Waals surface area (Å²) in [6.45, 7) is 5.71. The molecule has 1 unspecified atom stereocenters. The summed E-state index contributed by atoms with van der Waals surface area (Å²) in [7, 11) is 0. The maximum Gasteiger partial charge on any atom is 0.321 e. The van der Waals surface area contributed by atoms with Crippen LogP contribution in [0.2, 0.25) is 0 Å². The van der Waals surface area contributed by atoms with E-state index in [1.807, 2.05) is 0 Å². The van der Waals surface area contributed by atoms with Gasteiger partial charge in [-0.05, 0) is 57.7 Å². The second kappa shape index (κ2) is 5.31. The number of aliphatic carboxylic acids is 1. The van der Waals surface area contributed by atoms with Crippen molar-refractivity contribution in [2.24, 2.45) is 5.41 Å². The third-order valence-corrected chi connectivity index (χ3v) is 5.17. The lowest BCUT2D eigenvalue weighted by Crippen LogP contribution is -2.53. The fraction of sp³-hybridized carbons (Fsp3) is 0.615. The number of hydrogen-bond acceptors (Lipinski definition) is 3. The highest BCUT2D eigenvalue weighted by Crippen LogP contribution is 2.36. The van der Waals surface area contributed by atoms with Crippen LogP contribution >= 0.6 is 27.3 Å². The van der Waals surface area contributed by atoms with Crippen LogP contribution in [0.25, 0.3) is 0 Å². The lowest BCUT2D eigenvalue weighted by atomic mass is 9.76. The van der Waals surface area contributed by atoms with Gasteiger partial charge in [-0.25, -0.2) is 0 Å². The van der Waals surface area contributed by atoms with Crippen molar-refractivity contribution in [3.05, 3.63) is 20.8 Å². The zero-order valence-corrected chi connectivity index (χ0v) is 13.1. The van der Waals surface area contributed by atoms with Crippen LogP contribution in [-0.2, 0) is 11.3 Å². The Morgan fingerprint density at radius 1 is 1.67 bits per heavy atom. The number of halogens is 1. The van der Waals surface area contributed by atoms with Gasteiger partial charge >= 0.3 is 5.97 Å². The Bertz CT molecular complexity index is 444. The summed E-state index contributed by atoms with van der Waals surface area (Å²) in [4.78, 5) is 13.6. The Labute approximate surface area is 120 Å². The van der Waals surface area contributed by atoms with E-state index in [0.29, 0.717) is 0 Å². The second-order valence-electron chi connectivity index (χ2n) is 5.56. The molecule has 0 saturated carbocycles. The van der Waals surface area contributed by atoms with E-state index in [1.54, 1.807) is 11.3 Å². The van der Waals surface area contributed by atoms with E-state index in [4.69, 9.17) is 0 Å². The first-order chi connectivity index (χ1) is 8.40. The van der Waals surface area contributed by atoms with Crippen molar-refractivity contribution in [3.8, 4) is 0 Å². The summed E-state index contributed by atoms with van der Waals surface area (Å²) in [5.74, 6) is -0.700. The van der Waals surface area contributed by atoms with E-state index < -0.39 is 5.97 Å². The summed E-state index contributed by atoms with van der Waals surface area (Å²) in [6.07, 6.45) is 2.05. The van der Waals surface area contributed by atoms with Gasteiger partial charge in [-0.3, -0.25) is 9.69 Å². The van der Waals surface area contributed by atoms with Crippen molar-refractivity contribution in [2.75, 3.05) is 6.54 Å².